The van der Waals surface area contributed by atoms with Gasteiger partial charge in [-0.25, -0.2) is 0 Å². The van der Waals surface area contributed by atoms with Gasteiger partial charge in [0.05, 0.1) is 0 Å². The van der Waals surface area contributed by atoms with Crippen molar-refractivity contribution in [3.05, 3.63) is 69.2 Å². The van der Waals surface area contributed by atoms with E-state index < -0.39 is 0 Å². The molecule has 0 saturated heterocycles. The van der Waals surface area contributed by atoms with Gasteiger partial charge in [0, 0.05) is 16.1 Å². The van der Waals surface area contributed by atoms with Crippen LogP contribution in [0.5, 0.6) is 0 Å². The summed E-state index contributed by atoms with van der Waals surface area (Å²) < 4.78 is 0. The van der Waals surface area contributed by atoms with Gasteiger partial charge in [0.1, 0.15) is 0 Å². The fraction of sp³-hybridized carbons (Fsp3) is 0.250. The van der Waals surface area contributed by atoms with Crippen LogP contribution < -0.4 is 11.3 Å². The number of nitrogens with one attached hydrogen (secondary N) is 1. The molecular formula is C16H18Cl2N2. The van der Waals surface area contributed by atoms with E-state index in [1.54, 1.807) is 6.07 Å². The summed E-state index contributed by atoms with van der Waals surface area (Å²) >= 11 is 12.2. The highest BCUT2D eigenvalue weighted by molar-refractivity contribution is 6.33. The summed E-state index contributed by atoms with van der Waals surface area (Å²) in [6, 6.07) is 14.0. The quantitative estimate of drug-likeness (QED) is 0.649. The predicted molar refractivity (Wildman–Crippen MR) is 86.2 cm³/mol. The van der Waals surface area contributed by atoms with Crippen LogP contribution >= 0.6 is 23.2 Å². The smallest absolute Gasteiger partial charge is 0.0439 e. The van der Waals surface area contributed by atoms with Gasteiger partial charge < -0.3 is 0 Å². The standard InChI is InChI=1S/C16H18Cl2N2/c1-11-3-2-4-12(7-11)8-15(20-19)10-13-9-14(17)5-6-16(13)18/h2-7,9,15,20H,8,10,19H2,1H3. The summed E-state index contributed by atoms with van der Waals surface area (Å²) in [5.74, 6) is 5.67. The van der Waals surface area contributed by atoms with Crippen molar-refractivity contribution < 1.29 is 0 Å². The van der Waals surface area contributed by atoms with E-state index in [-0.39, 0.29) is 6.04 Å². The van der Waals surface area contributed by atoms with Crippen molar-refractivity contribution in [2.45, 2.75) is 25.8 Å². The first-order valence-corrected chi connectivity index (χ1v) is 7.29. The summed E-state index contributed by atoms with van der Waals surface area (Å²) in [5, 5.41) is 1.41. The molecule has 4 heteroatoms. The van der Waals surface area contributed by atoms with Crippen molar-refractivity contribution in [1.82, 2.24) is 5.43 Å². The zero-order valence-corrected chi connectivity index (χ0v) is 12.9. The number of nitrogens with two attached hydrogens (primary N) is 1. The molecule has 1 atom stereocenters. The molecule has 2 aromatic carbocycles. The van der Waals surface area contributed by atoms with Crippen LogP contribution in [0.2, 0.25) is 10.0 Å². The molecule has 0 amide bonds. The van der Waals surface area contributed by atoms with Gasteiger partial charge in [-0.15, -0.1) is 0 Å². The Morgan fingerprint density at radius 3 is 2.60 bits per heavy atom. The zero-order valence-electron chi connectivity index (χ0n) is 11.4. The second kappa shape index (κ2) is 7.09. The average Bonchev–Trinajstić information content (AvgIpc) is 2.42. The minimum Gasteiger partial charge on any atom is -0.271 e. The third-order valence-electron chi connectivity index (χ3n) is 3.27. The number of halogens is 2. The first kappa shape index (κ1) is 15.3. The molecular weight excluding hydrogens is 291 g/mol. The average molecular weight is 309 g/mol. The number of hydrogen-bond acceptors (Lipinski definition) is 2. The lowest BCUT2D eigenvalue weighted by Crippen LogP contribution is -2.38. The van der Waals surface area contributed by atoms with Gasteiger partial charge >= 0.3 is 0 Å². The van der Waals surface area contributed by atoms with Gasteiger partial charge in [-0.1, -0.05) is 53.0 Å². The molecule has 0 bridgehead atoms. The lowest BCUT2D eigenvalue weighted by Gasteiger charge is -2.17. The van der Waals surface area contributed by atoms with Crippen LogP contribution in [-0.2, 0) is 12.8 Å². The van der Waals surface area contributed by atoms with E-state index in [1.165, 1.54) is 11.1 Å². The molecule has 0 fully saturated rings. The monoisotopic (exact) mass is 308 g/mol. The van der Waals surface area contributed by atoms with Gasteiger partial charge in [-0.2, -0.15) is 0 Å². The van der Waals surface area contributed by atoms with Crippen LogP contribution in [0.25, 0.3) is 0 Å². The molecule has 1 unspecified atom stereocenters. The molecule has 2 rings (SSSR count). The fourth-order valence-corrected chi connectivity index (χ4v) is 2.67. The highest BCUT2D eigenvalue weighted by Gasteiger charge is 2.12. The van der Waals surface area contributed by atoms with Crippen LogP contribution in [0.4, 0.5) is 0 Å². The second-order valence-electron chi connectivity index (χ2n) is 5.00. The third-order valence-corrected chi connectivity index (χ3v) is 3.88. The maximum Gasteiger partial charge on any atom is 0.0439 e. The van der Waals surface area contributed by atoms with E-state index in [0.717, 1.165) is 23.4 Å². The Labute approximate surface area is 129 Å². The van der Waals surface area contributed by atoms with Crippen LogP contribution in [0.15, 0.2) is 42.5 Å². The van der Waals surface area contributed by atoms with E-state index in [9.17, 15) is 0 Å². The molecule has 0 aliphatic carbocycles. The zero-order chi connectivity index (χ0) is 14.5. The number of hydrogen-bond donors (Lipinski definition) is 2. The van der Waals surface area contributed by atoms with Gasteiger partial charge in [0.15, 0.2) is 0 Å². The molecule has 0 aliphatic rings. The van der Waals surface area contributed by atoms with Crippen molar-refractivity contribution in [3.63, 3.8) is 0 Å². The molecule has 0 aromatic heterocycles. The normalized spacial score (nSPS) is 12.4. The van der Waals surface area contributed by atoms with Gasteiger partial charge in [-0.3, -0.25) is 11.3 Å². The maximum absolute atomic E-state index is 6.20. The Hall–Kier alpha value is -1.06. The molecule has 106 valence electrons. The summed E-state index contributed by atoms with van der Waals surface area (Å²) in [6.07, 6.45) is 1.59. The van der Waals surface area contributed by atoms with Gasteiger partial charge in [-0.05, 0) is 49.1 Å². The number of aryl methyl sites for hydroxylation is 1. The molecule has 0 saturated carbocycles. The van der Waals surface area contributed by atoms with Gasteiger partial charge in [0.2, 0.25) is 0 Å². The summed E-state index contributed by atoms with van der Waals surface area (Å²) in [6.45, 7) is 2.09. The van der Waals surface area contributed by atoms with E-state index in [2.05, 4.69) is 36.6 Å². The minimum atomic E-state index is 0.118. The third kappa shape index (κ3) is 4.22. The van der Waals surface area contributed by atoms with E-state index in [0.29, 0.717) is 5.02 Å². The first-order chi connectivity index (χ1) is 9.58. The highest BCUT2D eigenvalue weighted by Crippen LogP contribution is 2.22. The Bertz CT molecular complexity index is 584. The topological polar surface area (TPSA) is 38.0 Å². The Morgan fingerprint density at radius 2 is 1.90 bits per heavy atom. The molecule has 3 N–H and O–H groups in total. The van der Waals surface area contributed by atoms with Gasteiger partial charge in [0.25, 0.3) is 0 Å². The van der Waals surface area contributed by atoms with Crippen molar-refractivity contribution in [3.8, 4) is 0 Å². The first-order valence-electron chi connectivity index (χ1n) is 6.54. The molecule has 2 nitrogen and oxygen atoms in total. The van der Waals surface area contributed by atoms with Crippen LogP contribution in [-0.4, -0.2) is 6.04 Å². The fourth-order valence-electron chi connectivity index (χ4n) is 2.28. The Balaban J connectivity index is 2.11. The minimum absolute atomic E-state index is 0.118. The van der Waals surface area contributed by atoms with Crippen molar-refractivity contribution in [2.24, 2.45) is 5.84 Å². The van der Waals surface area contributed by atoms with E-state index in [4.69, 9.17) is 29.0 Å². The molecule has 0 heterocycles. The van der Waals surface area contributed by atoms with E-state index >= 15 is 0 Å². The Morgan fingerprint density at radius 1 is 1.10 bits per heavy atom. The van der Waals surface area contributed by atoms with E-state index in [1.807, 2.05) is 12.1 Å². The SMILES string of the molecule is Cc1cccc(CC(Cc2cc(Cl)ccc2Cl)NN)c1. The molecule has 0 aliphatic heterocycles. The predicted octanol–water partition coefficient (Wildman–Crippen LogP) is 3.92. The van der Waals surface area contributed by atoms with Crippen LogP contribution in [0.3, 0.4) is 0 Å². The van der Waals surface area contributed by atoms with Crippen molar-refractivity contribution in [2.75, 3.05) is 0 Å². The van der Waals surface area contributed by atoms with Crippen LogP contribution in [0, 0.1) is 6.92 Å². The lowest BCUT2D eigenvalue weighted by molar-refractivity contribution is 0.522. The Kier molecular flexibility index (Phi) is 5.44. The highest BCUT2D eigenvalue weighted by atomic mass is 35.5. The number of benzene rings is 2. The van der Waals surface area contributed by atoms with Crippen LogP contribution in [0.1, 0.15) is 16.7 Å². The molecule has 2 aromatic rings. The molecule has 0 radical (unpaired) electrons. The molecule has 20 heavy (non-hydrogen) atoms. The summed E-state index contributed by atoms with van der Waals surface area (Å²) in [7, 11) is 0. The van der Waals surface area contributed by atoms with Crippen molar-refractivity contribution >= 4 is 23.2 Å². The maximum atomic E-state index is 6.20. The summed E-state index contributed by atoms with van der Waals surface area (Å²) in [5.41, 5.74) is 6.38. The second-order valence-corrected chi connectivity index (χ2v) is 5.84. The molecule has 0 spiro atoms. The lowest BCUT2D eigenvalue weighted by atomic mass is 9.98. The largest absolute Gasteiger partial charge is 0.271 e. The summed E-state index contributed by atoms with van der Waals surface area (Å²) in [4.78, 5) is 0. The number of hydrazine groups is 1. The number of rotatable bonds is 5. The van der Waals surface area contributed by atoms with Crippen molar-refractivity contribution in [1.29, 1.82) is 0 Å².